The Kier molecular flexibility index (Phi) is 8.26. The maximum absolute atomic E-state index is 13.6. The largest absolute Gasteiger partial charge is 0.344 e. The maximum Gasteiger partial charge on any atom is 0.259 e. The second-order valence-corrected chi connectivity index (χ2v) is 14.5. The van der Waals surface area contributed by atoms with Crippen LogP contribution in [0, 0.1) is 11.3 Å². The summed E-state index contributed by atoms with van der Waals surface area (Å²) in [6.07, 6.45) is 10.4. The van der Waals surface area contributed by atoms with Crippen LogP contribution in [0.15, 0.2) is 12.2 Å². The Balaban J connectivity index is 1.54. The molecule has 11 heteroatoms. The second-order valence-electron chi connectivity index (χ2n) is 12.6. The van der Waals surface area contributed by atoms with Crippen molar-refractivity contribution in [2.45, 2.75) is 114 Å². The Morgan fingerprint density at radius 3 is 2.50 bits per heavy atom. The van der Waals surface area contributed by atoms with Gasteiger partial charge in [0, 0.05) is 18.9 Å². The Hall–Kier alpha value is -2.43. The molecular weight excluding hydrogens is 508 g/mol. The first-order valence-corrected chi connectivity index (χ1v) is 15.5. The Labute approximate surface area is 225 Å². The molecule has 2 aliphatic carbocycles. The van der Waals surface area contributed by atoms with E-state index in [-0.39, 0.29) is 29.6 Å². The molecule has 0 bridgehead atoms. The fourth-order valence-corrected chi connectivity index (χ4v) is 6.87. The van der Waals surface area contributed by atoms with Crippen molar-refractivity contribution >= 4 is 33.7 Å². The first-order valence-electron chi connectivity index (χ1n) is 14.0. The van der Waals surface area contributed by atoms with Gasteiger partial charge in [0.1, 0.15) is 17.6 Å². The van der Waals surface area contributed by atoms with E-state index >= 15 is 0 Å². The van der Waals surface area contributed by atoms with Crippen LogP contribution in [-0.4, -0.2) is 66.4 Å². The van der Waals surface area contributed by atoms with Gasteiger partial charge in [-0.05, 0) is 56.8 Å². The lowest BCUT2D eigenvalue weighted by Gasteiger charge is -2.30. The lowest BCUT2D eigenvalue weighted by atomic mass is 9.91. The summed E-state index contributed by atoms with van der Waals surface area (Å²) in [4.78, 5) is 54.6. The van der Waals surface area contributed by atoms with E-state index in [0.717, 1.165) is 25.7 Å². The third-order valence-corrected chi connectivity index (χ3v) is 9.68. The molecular formula is C27H42N4O6S. The van der Waals surface area contributed by atoms with Crippen molar-refractivity contribution in [2.24, 2.45) is 11.3 Å². The number of nitrogens with one attached hydrogen (secondary N) is 3. The highest BCUT2D eigenvalue weighted by Gasteiger charge is 2.61. The fourth-order valence-electron chi connectivity index (χ4n) is 5.50. The van der Waals surface area contributed by atoms with Gasteiger partial charge in [-0.25, -0.2) is 8.42 Å². The number of hydrogen-bond donors (Lipinski definition) is 3. The van der Waals surface area contributed by atoms with Crippen LogP contribution in [0.3, 0.4) is 0 Å². The van der Waals surface area contributed by atoms with E-state index in [0.29, 0.717) is 45.1 Å². The molecule has 4 atom stereocenters. The van der Waals surface area contributed by atoms with Gasteiger partial charge in [0.05, 0.1) is 5.25 Å². The van der Waals surface area contributed by atoms with Gasteiger partial charge in [-0.15, -0.1) is 0 Å². The summed E-state index contributed by atoms with van der Waals surface area (Å²) < 4.78 is 27.2. The van der Waals surface area contributed by atoms with Crippen molar-refractivity contribution in [1.29, 1.82) is 0 Å². The molecule has 3 N–H and O–H groups in total. The van der Waals surface area contributed by atoms with Crippen LogP contribution in [0.5, 0.6) is 0 Å². The van der Waals surface area contributed by atoms with E-state index in [1.54, 1.807) is 0 Å². The van der Waals surface area contributed by atoms with Crippen LogP contribution in [0.2, 0.25) is 0 Å². The average molecular weight is 551 g/mol. The van der Waals surface area contributed by atoms with Crippen molar-refractivity contribution in [3.63, 3.8) is 0 Å². The van der Waals surface area contributed by atoms with Gasteiger partial charge in [-0.2, -0.15) is 0 Å². The summed E-state index contributed by atoms with van der Waals surface area (Å²) in [5.74, 6) is -1.94. The molecule has 3 fully saturated rings. The highest BCUT2D eigenvalue weighted by atomic mass is 32.2. The summed E-state index contributed by atoms with van der Waals surface area (Å²) in [6, 6.07) is -1.49. The van der Waals surface area contributed by atoms with Crippen molar-refractivity contribution < 1.29 is 27.6 Å². The van der Waals surface area contributed by atoms with Crippen LogP contribution in [0.4, 0.5) is 0 Å². The molecule has 4 amide bonds. The van der Waals surface area contributed by atoms with E-state index in [4.69, 9.17) is 0 Å². The lowest BCUT2D eigenvalue weighted by Crippen LogP contribution is -2.58. The smallest absolute Gasteiger partial charge is 0.259 e. The zero-order chi connectivity index (χ0) is 27.7. The summed E-state index contributed by atoms with van der Waals surface area (Å²) in [6.45, 7) is 6.28. The molecule has 0 aromatic rings. The van der Waals surface area contributed by atoms with Gasteiger partial charge in [-0.1, -0.05) is 45.8 Å². The van der Waals surface area contributed by atoms with Crippen LogP contribution in [0.1, 0.15) is 91.4 Å². The normalized spacial score (nSPS) is 31.7. The average Bonchev–Trinajstić information content (AvgIpc) is 3.72. The Bertz CT molecular complexity index is 1090. The maximum atomic E-state index is 13.6. The third-order valence-electron chi connectivity index (χ3n) is 7.86. The number of carbonyl (C=O) groups is 4. The standard InChI is InChI=1S/C27H42N4O6S/c1-26(2,3)17-22(32)28-20-11-8-6-4-5-7-10-18-16-27(18,25(35)30-38(36,37)19-13-14-19)29-23(33)21-12-9-15-31(21)24(20)34/h7,10,18-21H,4-6,8-9,11-17H2,1-3H3,(H,28,32)(H,29,33)(H,30,35)/b10-7-/t18-,20?,21?,27-/m1/s1. The van der Waals surface area contributed by atoms with Crippen molar-refractivity contribution in [3.8, 4) is 0 Å². The summed E-state index contributed by atoms with van der Waals surface area (Å²) in [5, 5.41) is 5.22. The zero-order valence-electron chi connectivity index (χ0n) is 22.8. The Morgan fingerprint density at radius 2 is 1.82 bits per heavy atom. The van der Waals surface area contributed by atoms with E-state index in [1.165, 1.54) is 4.90 Å². The van der Waals surface area contributed by atoms with Crippen LogP contribution < -0.4 is 15.4 Å². The molecule has 0 radical (unpaired) electrons. The minimum atomic E-state index is -3.77. The van der Waals surface area contributed by atoms with E-state index < -0.39 is 44.7 Å². The van der Waals surface area contributed by atoms with Gasteiger partial charge >= 0.3 is 0 Å². The molecule has 4 rings (SSSR count). The predicted molar refractivity (Wildman–Crippen MR) is 142 cm³/mol. The number of allylic oxidation sites excluding steroid dienone is 1. The third kappa shape index (κ3) is 6.76. The predicted octanol–water partition coefficient (Wildman–Crippen LogP) is 1.90. The van der Waals surface area contributed by atoms with Gasteiger partial charge < -0.3 is 15.5 Å². The number of fused-ring (bicyclic) bond motifs is 2. The first-order chi connectivity index (χ1) is 17.8. The van der Waals surface area contributed by atoms with Gasteiger partial charge in [0.2, 0.25) is 27.7 Å². The van der Waals surface area contributed by atoms with E-state index in [1.807, 2.05) is 32.9 Å². The van der Waals surface area contributed by atoms with Crippen LogP contribution >= 0.6 is 0 Å². The molecule has 2 unspecified atom stereocenters. The molecule has 2 heterocycles. The monoisotopic (exact) mass is 550 g/mol. The lowest BCUT2D eigenvalue weighted by molar-refractivity contribution is -0.142. The Morgan fingerprint density at radius 1 is 1.08 bits per heavy atom. The number of nitrogens with zero attached hydrogens (tertiary/aromatic N) is 1. The van der Waals surface area contributed by atoms with Gasteiger partial charge in [0.15, 0.2) is 0 Å². The molecule has 2 aliphatic heterocycles. The molecule has 0 spiro atoms. The zero-order valence-corrected chi connectivity index (χ0v) is 23.6. The highest BCUT2D eigenvalue weighted by molar-refractivity contribution is 7.91. The second kappa shape index (κ2) is 11.0. The number of amides is 4. The highest BCUT2D eigenvalue weighted by Crippen LogP contribution is 2.46. The molecule has 0 aromatic heterocycles. The molecule has 10 nitrogen and oxygen atoms in total. The molecule has 38 heavy (non-hydrogen) atoms. The summed E-state index contributed by atoms with van der Waals surface area (Å²) >= 11 is 0. The topological polar surface area (TPSA) is 142 Å². The SMILES string of the molecule is CC(C)(C)CC(=O)NC1CCCCC/C=C\[C@@H]2C[C@@]2(C(=O)NS(=O)(=O)C2CC2)NC(=O)C2CCCN2C1=O. The number of hydrogen-bond acceptors (Lipinski definition) is 6. The van der Waals surface area contributed by atoms with Crippen molar-refractivity contribution in [2.75, 3.05) is 6.54 Å². The van der Waals surface area contributed by atoms with E-state index in [9.17, 15) is 27.6 Å². The van der Waals surface area contributed by atoms with Crippen molar-refractivity contribution in [3.05, 3.63) is 12.2 Å². The number of sulfonamides is 1. The minimum absolute atomic E-state index is 0.190. The van der Waals surface area contributed by atoms with Crippen LogP contribution in [0.25, 0.3) is 0 Å². The molecule has 4 aliphatic rings. The molecule has 1 saturated heterocycles. The first kappa shape index (κ1) is 28.6. The minimum Gasteiger partial charge on any atom is -0.344 e. The molecule has 212 valence electrons. The fraction of sp³-hybridized carbons (Fsp3) is 0.778. The number of rotatable bonds is 5. The van der Waals surface area contributed by atoms with Crippen LogP contribution in [-0.2, 0) is 29.2 Å². The van der Waals surface area contributed by atoms with Gasteiger partial charge in [-0.3, -0.25) is 23.9 Å². The quantitative estimate of drug-likeness (QED) is 0.447. The summed E-state index contributed by atoms with van der Waals surface area (Å²) in [5.41, 5.74) is -1.56. The van der Waals surface area contributed by atoms with Gasteiger partial charge in [0.25, 0.3) is 5.91 Å². The van der Waals surface area contributed by atoms with E-state index in [2.05, 4.69) is 15.4 Å². The number of carbonyl (C=O) groups excluding carboxylic acids is 4. The molecule has 2 saturated carbocycles. The summed E-state index contributed by atoms with van der Waals surface area (Å²) in [7, 11) is -3.77. The van der Waals surface area contributed by atoms with Crippen molar-refractivity contribution in [1.82, 2.24) is 20.3 Å². The molecule has 0 aromatic carbocycles.